The maximum atomic E-state index is 10.8. The Morgan fingerprint density at radius 1 is 1.32 bits per heavy atom. The van der Waals surface area contributed by atoms with Gasteiger partial charge in [0, 0.05) is 18.1 Å². The number of amides is 1. The molecule has 0 aromatic heterocycles. The Hall–Kier alpha value is -1.26. The van der Waals surface area contributed by atoms with E-state index in [1.165, 1.54) is 10.5 Å². The van der Waals surface area contributed by atoms with Crippen LogP contribution in [0, 0.1) is 0 Å². The third-order valence-electron chi connectivity index (χ3n) is 3.37. The van der Waals surface area contributed by atoms with Crippen LogP contribution in [0.3, 0.4) is 0 Å². The number of carboxylic acid groups (broad SMARTS) is 1. The van der Waals surface area contributed by atoms with Gasteiger partial charge in [-0.1, -0.05) is 23.7 Å². The minimum absolute atomic E-state index is 0.183. The van der Waals surface area contributed by atoms with Crippen LogP contribution in [0.2, 0.25) is 5.02 Å². The summed E-state index contributed by atoms with van der Waals surface area (Å²) >= 11 is 5.82. The number of carbonyl (C=O) groups is 1. The van der Waals surface area contributed by atoms with Crippen LogP contribution in [0.15, 0.2) is 24.3 Å². The third kappa shape index (κ3) is 4.40. The molecule has 0 atom stereocenters. The second-order valence-electron chi connectivity index (χ2n) is 4.72. The zero-order valence-corrected chi connectivity index (χ0v) is 11.5. The Morgan fingerprint density at radius 2 is 1.95 bits per heavy atom. The molecule has 1 saturated heterocycles. The number of piperidine rings is 1. The highest BCUT2D eigenvalue weighted by Gasteiger charge is 2.22. The normalized spacial score (nSPS) is 16.6. The van der Waals surface area contributed by atoms with Gasteiger partial charge in [0.05, 0.1) is 12.7 Å². The Bertz CT molecular complexity index is 413. The second kappa shape index (κ2) is 6.78. The molecule has 1 aromatic rings. The van der Waals surface area contributed by atoms with Crippen molar-refractivity contribution in [3.63, 3.8) is 0 Å². The van der Waals surface area contributed by atoms with Crippen molar-refractivity contribution in [1.29, 1.82) is 0 Å². The molecule has 0 saturated carbocycles. The van der Waals surface area contributed by atoms with Crippen molar-refractivity contribution in [1.82, 2.24) is 4.90 Å². The molecule has 1 fully saturated rings. The summed E-state index contributed by atoms with van der Waals surface area (Å²) in [7, 11) is 0. The van der Waals surface area contributed by atoms with Crippen molar-refractivity contribution in [3.8, 4) is 0 Å². The van der Waals surface area contributed by atoms with E-state index in [0.717, 1.165) is 24.3 Å². The number of nitrogens with zero attached hydrogens (tertiary/aromatic N) is 1. The van der Waals surface area contributed by atoms with Crippen LogP contribution >= 0.6 is 11.6 Å². The van der Waals surface area contributed by atoms with E-state index in [9.17, 15) is 4.79 Å². The van der Waals surface area contributed by atoms with E-state index in [0.29, 0.717) is 19.7 Å². The topological polar surface area (TPSA) is 49.8 Å². The van der Waals surface area contributed by atoms with Gasteiger partial charge in [-0.25, -0.2) is 4.79 Å². The van der Waals surface area contributed by atoms with Crippen molar-refractivity contribution in [3.05, 3.63) is 34.9 Å². The average Bonchev–Trinajstić information content (AvgIpc) is 2.41. The summed E-state index contributed by atoms with van der Waals surface area (Å²) in [6.45, 7) is 1.81. The average molecular weight is 284 g/mol. The Morgan fingerprint density at radius 3 is 2.53 bits per heavy atom. The number of hydrogen-bond acceptors (Lipinski definition) is 2. The molecule has 4 nitrogen and oxygen atoms in total. The molecule has 0 bridgehead atoms. The fourth-order valence-electron chi connectivity index (χ4n) is 2.21. The summed E-state index contributed by atoms with van der Waals surface area (Å²) in [6, 6.07) is 7.75. The number of benzene rings is 1. The summed E-state index contributed by atoms with van der Waals surface area (Å²) in [5.41, 5.74) is 1.20. The standard InChI is InChI=1S/C14H18ClNO3/c15-12-3-1-11(2-4-12)7-10-19-13-5-8-16(9-6-13)14(17)18/h1-4,13H,5-10H2,(H,17,18). The molecule has 2 rings (SSSR count). The Balaban J connectivity index is 1.67. The number of ether oxygens (including phenoxy) is 1. The molecule has 1 heterocycles. The van der Waals surface area contributed by atoms with E-state index >= 15 is 0 Å². The Kier molecular flexibility index (Phi) is 5.05. The van der Waals surface area contributed by atoms with Crippen molar-refractivity contribution < 1.29 is 14.6 Å². The highest BCUT2D eigenvalue weighted by Crippen LogP contribution is 2.15. The molecule has 0 radical (unpaired) electrons. The van der Waals surface area contributed by atoms with Gasteiger partial charge >= 0.3 is 6.09 Å². The van der Waals surface area contributed by atoms with Gasteiger partial charge in [0.1, 0.15) is 0 Å². The molecule has 0 aliphatic carbocycles. The van der Waals surface area contributed by atoms with Crippen LogP contribution in [-0.4, -0.2) is 41.9 Å². The van der Waals surface area contributed by atoms with Gasteiger partial charge in [-0.2, -0.15) is 0 Å². The minimum Gasteiger partial charge on any atom is -0.465 e. The highest BCUT2D eigenvalue weighted by atomic mass is 35.5. The second-order valence-corrected chi connectivity index (χ2v) is 5.15. The number of rotatable bonds is 4. The van der Waals surface area contributed by atoms with E-state index in [4.69, 9.17) is 21.4 Å². The summed E-state index contributed by atoms with van der Waals surface area (Å²) < 4.78 is 5.79. The zero-order chi connectivity index (χ0) is 13.7. The molecule has 1 amide bonds. The van der Waals surface area contributed by atoms with Crippen LogP contribution < -0.4 is 0 Å². The molecule has 0 spiro atoms. The lowest BCUT2D eigenvalue weighted by atomic mass is 10.1. The van der Waals surface area contributed by atoms with Gasteiger partial charge < -0.3 is 14.7 Å². The maximum absolute atomic E-state index is 10.8. The fraction of sp³-hybridized carbons (Fsp3) is 0.500. The van der Waals surface area contributed by atoms with Gasteiger partial charge in [-0.3, -0.25) is 0 Å². The molecule has 5 heteroatoms. The first-order valence-electron chi connectivity index (χ1n) is 6.49. The fourth-order valence-corrected chi connectivity index (χ4v) is 2.33. The van der Waals surface area contributed by atoms with Gasteiger partial charge in [0.25, 0.3) is 0 Å². The quantitative estimate of drug-likeness (QED) is 0.924. The molecule has 1 N–H and O–H groups in total. The summed E-state index contributed by atoms with van der Waals surface area (Å²) in [5.74, 6) is 0. The van der Waals surface area contributed by atoms with Crippen molar-refractivity contribution in [2.45, 2.75) is 25.4 Å². The predicted molar refractivity (Wildman–Crippen MR) is 73.7 cm³/mol. The number of halogens is 1. The molecule has 1 aliphatic rings. The highest BCUT2D eigenvalue weighted by molar-refractivity contribution is 6.30. The Labute approximate surface area is 117 Å². The van der Waals surface area contributed by atoms with E-state index in [1.54, 1.807) is 0 Å². The van der Waals surface area contributed by atoms with Crippen molar-refractivity contribution in [2.24, 2.45) is 0 Å². The van der Waals surface area contributed by atoms with Gasteiger partial charge in [0.15, 0.2) is 0 Å². The maximum Gasteiger partial charge on any atom is 0.407 e. The monoisotopic (exact) mass is 283 g/mol. The number of likely N-dealkylation sites (tertiary alicyclic amines) is 1. The molecular formula is C14H18ClNO3. The lowest BCUT2D eigenvalue weighted by molar-refractivity contribution is 0.0116. The summed E-state index contributed by atoms with van der Waals surface area (Å²) in [6.07, 6.45) is 1.78. The third-order valence-corrected chi connectivity index (χ3v) is 3.62. The molecular weight excluding hydrogens is 266 g/mol. The first-order chi connectivity index (χ1) is 9.15. The largest absolute Gasteiger partial charge is 0.465 e. The van der Waals surface area contributed by atoms with Crippen LogP contribution in [0.1, 0.15) is 18.4 Å². The smallest absolute Gasteiger partial charge is 0.407 e. The summed E-state index contributed by atoms with van der Waals surface area (Å²) in [5, 5.41) is 9.59. The van der Waals surface area contributed by atoms with Gasteiger partial charge in [-0.05, 0) is 37.0 Å². The van der Waals surface area contributed by atoms with Crippen LogP contribution in [0.5, 0.6) is 0 Å². The predicted octanol–water partition coefficient (Wildman–Crippen LogP) is 3.04. The van der Waals surface area contributed by atoms with Crippen molar-refractivity contribution >= 4 is 17.7 Å². The van der Waals surface area contributed by atoms with Crippen LogP contribution in [0.25, 0.3) is 0 Å². The zero-order valence-electron chi connectivity index (χ0n) is 10.7. The van der Waals surface area contributed by atoms with Crippen LogP contribution in [0.4, 0.5) is 4.79 Å². The van der Waals surface area contributed by atoms with E-state index in [2.05, 4.69) is 0 Å². The van der Waals surface area contributed by atoms with E-state index < -0.39 is 6.09 Å². The molecule has 0 unspecified atom stereocenters. The lowest BCUT2D eigenvalue weighted by Gasteiger charge is -2.29. The minimum atomic E-state index is -0.834. The molecule has 1 aliphatic heterocycles. The summed E-state index contributed by atoms with van der Waals surface area (Å²) in [4.78, 5) is 12.2. The SMILES string of the molecule is O=C(O)N1CCC(OCCc2ccc(Cl)cc2)CC1. The van der Waals surface area contributed by atoms with E-state index in [-0.39, 0.29) is 6.10 Å². The molecule has 104 valence electrons. The van der Waals surface area contributed by atoms with Crippen LogP contribution in [-0.2, 0) is 11.2 Å². The first kappa shape index (κ1) is 14.2. The van der Waals surface area contributed by atoms with Crippen molar-refractivity contribution in [2.75, 3.05) is 19.7 Å². The first-order valence-corrected chi connectivity index (χ1v) is 6.87. The molecule has 19 heavy (non-hydrogen) atoms. The number of hydrogen-bond donors (Lipinski definition) is 1. The molecule has 1 aromatic carbocycles. The van der Waals surface area contributed by atoms with Gasteiger partial charge in [0.2, 0.25) is 0 Å². The lowest BCUT2D eigenvalue weighted by Crippen LogP contribution is -2.40. The van der Waals surface area contributed by atoms with Gasteiger partial charge in [-0.15, -0.1) is 0 Å². The van der Waals surface area contributed by atoms with E-state index in [1.807, 2.05) is 24.3 Å².